The molecule has 2 aromatic carbocycles. The van der Waals surface area contributed by atoms with Crippen LogP contribution in [0.5, 0.6) is 6.01 Å². The number of hydrogen-bond acceptors (Lipinski definition) is 8. The van der Waals surface area contributed by atoms with E-state index in [1.807, 2.05) is 30.5 Å². The van der Waals surface area contributed by atoms with Crippen LogP contribution in [0.3, 0.4) is 0 Å². The number of aromatic nitrogens is 3. The van der Waals surface area contributed by atoms with Crippen molar-refractivity contribution in [3.8, 4) is 23.3 Å². The molecule has 3 atom stereocenters. The summed E-state index contributed by atoms with van der Waals surface area (Å²) in [5.41, 5.74) is 2.24. The van der Waals surface area contributed by atoms with Gasteiger partial charge < -0.3 is 14.7 Å². The minimum absolute atomic E-state index is 0.0212. The Morgan fingerprint density at radius 1 is 1.16 bits per heavy atom. The number of fused-ring (bicyclic) bond motifs is 2. The Morgan fingerprint density at radius 3 is 2.87 bits per heavy atom. The van der Waals surface area contributed by atoms with Gasteiger partial charge in [-0.15, -0.1) is 0 Å². The zero-order valence-corrected chi connectivity index (χ0v) is 21.6. The van der Waals surface area contributed by atoms with E-state index < -0.39 is 5.72 Å². The number of likely N-dealkylation sites (N-methyl/N-ethyl adjacent to an activating group) is 1. The Hall–Kier alpha value is -3.64. The van der Waals surface area contributed by atoms with Crippen molar-refractivity contribution in [1.82, 2.24) is 25.2 Å². The minimum Gasteiger partial charge on any atom is -0.462 e. The minimum atomic E-state index is -1.24. The summed E-state index contributed by atoms with van der Waals surface area (Å²) in [5, 5.41) is 26.5. The molecule has 8 nitrogen and oxygen atoms in total. The van der Waals surface area contributed by atoms with E-state index in [4.69, 9.17) is 19.7 Å². The van der Waals surface area contributed by atoms with Crippen LogP contribution in [0, 0.1) is 11.3 Å². The van der Waals surface area contributed by atoms with Crippen LogP contribution >= 0.6 is 0 Å². The highest BCUT2D eigenvalue weighted by molar-refractivity contribution is 5.97. The number of piperidine rings is 1. The topological polar surface area (TPSA) is 107 Å². The third-order valence-electron chi connectivity index (χ3n) is 8.02. The van der Waals surface area contributed by atoms with Gasteiger partial charge >= 0.3 is 6.01 Å². The molecule has 0 saturated carbocycles. The quantitative estimate of drug-likeness (QED) is 0.395. The fourth-order valence-electron chi connectivity index (χ4n) is 5.92. The molecule has 2 fully saturated rings. The summed E-state index contributed by atoms with van der Waals surface area (Å²) in [6, 6.07) is 19.3. The third kappa shape index (κ3) is 4.81. The summed E-state index contributed by atoms with van der Waals surface area (Å²) < 4.78 is 6.20. The van der Waals surface area contributed by atoms with Crippen molar-refractivity contribution in [2.45, 2.75) is 49.8 Å². The number of ether oxygens (including phenoxy) is 1. The molecule has 2 aliphatic heterocycles. The van der Waals surface area contributed by atoms with Gasteiger partial charge in [0, 0.05) is 29.1 Å². The SMILES string of the molecule is CN1CCC[C@H]1COc1nc(C2CCN[C@](O)(CC#N)C2)c2cnc(-c3cccc4ccccc34)cc2n1. The summed E-state index contributed by atoms with van der Waals surface area (Å²) in [6.07, 6.45) is 5.32. The van der Waals surface area contributed by atoms with E-state index in [2.05, 4.69) is 47.6 Å². The second kappa shape index (κ2) is 10.3. The van der Waals surface area contributed by atoms with Gasteiger partial charge in [0.25, 0.3) is 0 Å². The van der Waals surface area contributed by atoms with Crippen molar-refractivity contribution < 1.29 is 9.84 Å². The first-order valence-corrected chi connectivity index (χ1v) is 13.4. The summed E-state index contributed by atoms with van der Waals surface area (Å²) in [4.78, 5) is 16.9. The smallest absolute Gasteiger partial charge is 0.317 e. The molecule has 6 rings (SSSR count). The Kier molecular flexibility index (Phi) is 6.66. The van der Waals surface area contributed by atoms with Gasteiger partial charge in [-0.1, -0.05) is 42.5 Å². The maximum absolute atomic E-state index is 11.0. The van der Waals surface area contributed by atoms with Crippen LogP contribution < -0.4 is 10.1 Å². The molecule has 4 heterocycles. The third-order valence-corrected chi connectivity index (χ3v) is 8.02. The fraction of sp³-hybridized carbons (Fsp3) is 0.400. The number of nitriles is 1. The highest BCUT2D eigenvalue weighted by atomic mass is 16.5. The van der Waals surface area contributed by atoms with Crippen LogP contribution in [0.1, 0.15) is 43.7 Å². The number of likely N-dealkylation sites (tertiary alicyclic amines) is 1. The van der Waals surface area contributed by atoms with Gasteiger partial charge in [-0.2, -0.15) is 15.2 Å². The average molecular weight is 509 g/mol. The van der Waals surface area contributed by atoms with Gasteiger partial charge in [0.15, 0.2) is 0 Å². The molecule has 1 unspecified atom stereocenters. The van der Waals surface area contributed by atoms with Gasteiger partial charge in [-0.3, -0.25) is 10.3 Å². The molecule has 2 aliphatic rings. The average Bonchev–Trinajstić information content (AvgIpc) is 3.35. The van der Waals surface area contributed by atoms with Gasteiger partial charge in [0.2, 0.25) is 0 Å². The summed E-state index contributed by atoms with van der Waals surface area (Å²) in [6.45, 7) is 2.21. The predicted molar refractivity (Wildman–Crippen MR) is 147 cm³/mol. The first-order valence-electron chi connectivity index (χ1n) is 13.4. The highest BCUT2D eigenvalue weighted by Crippen LogP contribution is 2.37. The Labute approximate surface area is 222 Å². The monoisotopic (exact) mass is 508 g/mol. The van der Waals surface area contributed by atoms with Crippen molar-refractivity contribution in [3.05, 3.63) is 60.4 Å². The lowest BCUT2D eigenvalue weighted by Gasteiger charge is -2.36. The van der Waals surface area contributed by atoms with E-state index in [1.165, 1.54) is 6.42 Å². The molecule has 2 aromatic heterocycles. The van der Waals surface area contributed by atoms with Crippen LogP contribution in [0.25, 0.3) is 32.9 Å². The first-order chi connectivity index (χ1) is 18.5. The Morgan fingerprint density at radius 2 is 2.03 bits per heavy atom. The van der Waals surface area contributed by atoms with Gasteiger partial charge in [0.1, 0.15) is 12.3 Å². The van der Waals surface area contributed by atoms with Crippen molar-refractivity contribution in [3.63, 3.8) is 0 Å². The lowest BCUT2D eigenvalue weighted by molar-refractivity contribution is -0.0216. The number of rotatable bonds is 6. The first kappa shape index (κ1) is 24.7. The number of nitrogens with zero attached hydrogens (tertiary/aromatic N) is 5. The zero-order valence-electron chi connectivity index (χ0n) is 21.6. The second-order valence-corrected chi connectivity index (χ2v) is 10.6. The number of pyridine rings is 1. The highest BCUT2D eigenvalue weighted by Gasteiger charge is 2.36. The molecule has 194 valence electrons. The second-order valence-electron chi connectivity index (χ2n) is 10.6. The maximum Gasteiger partial charge on any atom is 0.317 e. The summed E-state index contributed by atoms with van der Waals surface area (Å²) in [7, 11) is 2.13. The number of hydrogen-bond donors (Lipinski definition) is 2. The van der Waals surface area contributed by atoms with Gasteiger partial charge in [-0.25, -0.2) is 0 Å². The van der Waals surface area contributed by atoms with Gasteiger partial charge in [-0.05, 0) is 62.7 Å². The van der Waals surface area contributed by atoms with Crippen molar-refractivity contribution >= 4 is 21.7 Å². The van der Waals surface area contributed by atoms with E-state index in [1.54, 1.807) is 0 Å². The molecular weight excluding hydrogens is 476 g/mol. The van der Waals surface area contributed by atoms with Crippen LogP contribution in [0.15, 0.2) is 54.7 Å². The van der Waals surface area contributed by atoms with Crippen molar-refractivity contribution in [2.75, 3.05) is 26.7 Å². The Balaban J connectivity index is 1.42. The predicted octanol–water partition coefficient (Wildman–Crippen LogP) is 4.39. The van der Waals surface area contributed by atoms with Crippen molar-refractivity contribution in [1.29, 1.82) is 5.26 Å². The number of aliphatic hydroxyl groups is 1. The molecule has 2 N–H and O–H groups in total. The van der Waals surface area contributed by atoms with Crippen LogP contribution in [0.2, 0.25) is 0 Å². The molecule has 0 radical (unpaired) electrons. The van der Waals surface area contributed by atoms with E-state index in [9.17, 15) is 10.4 Å². The van der Waals surface area contributed by atoms with E-state index >= 15 is 0 Å². The number of nitrogens with one attached hydrogen (secondary N) is 1. The van der Waals surface area contributed by atoms with Crippen LogP contribution in [-0.2, 0) is 0 Å². The molecule has 0 spiro atoms. The van der Waals surface area contributed by atoms with Crippen LogP contribution in [0.4, 0.5) is 0 Å². The molecular formula is C30H32N6O2. The Bertz CT molecular complexity index is 1510. The largest absolute Gasteiger partial charge is 0.462 e. The van der Waals surface area contributed by atoms with E-state index in [0.29, 0.717) is 31.6 Å². The molecule has 8 heteroatoms. The summed E-state index contributed by atoms with van der Waals surface area (Å²) >= 11 is 0. The van der Waals surface area contributed by atoms with E-state index in [0.717, 1.165) is 58.0 Å². The molecule has 38 heavy (non-hydrogen) atoms. The molecule has 4 aromatic rings. The lowest BCUT2D eigenvalue weighted by atomic mass is 9.85. The molecule has 0 amide bonds. The van der Waals surface area contributed by atoms with Gasteiger partial charge in [0.05, 0.1) is 29.4 Å². The summed E-state index contributed by atoms with van der Waals surface area (Å²) in [5.74, 6) is -0.0539. The normalized spacial score (nSPS) is 24.0. The number of benzene rings is 2. The standard InChI is InChI=1S/C30H32N6O2/c1-36-15-5-8-22(36)19-38-29-34-27-16-26(24-10-4-7-20-6-2-3-9-23(20)24)32-18-25(27)28(35-29)21-11-14-33-30(37,17-21)12-13-31/h2-4,6-7,9-10,16,18,21-22,33,37H,5,8,11-12,14-15,17,19H2,1H3/t21?,22-,30-/m0/s1. The molecule has 0 bridgehead atoms. The maximum atomic E-state index is 11.0. The van der Waals surface area contributed by atoms with Crippen molar-refractivity contribution in [2.24, 2.45) is 0 Å². The van der Waals surface area contributed by atoms with E-state index in [-0.39, 0.29) is 12.3 Å². The molecule has 0 aliphatic carbocycles. The van der Waals surface area contributed by atoms with Crippen LogP contribution in [-0.4, -0.2) is 63.5 Å². The fourth-order valence-corrected chi connectivity index (χ4v) is 5.92. The zero-order chi connectivity index (χ0) is 26.1. The lowest BCUT2D eigenvalue weighted by Crippen LogP contribution is -2.50. The molecule has 2 saturated heterocycles.